The Kier molecular flexibility index (Phi) is 7.47. The SMILES string of the molecule is CN(C(=O)c1ccccc1NC(=O)C1CCC(N)C1)C1CCCCC1.Cl. The van der Waals surface area contributed by atoms with Gasteiger partial charge in [-0.1, -0.05) is 31.4 Å². The molecule has 5 nitrogen and oxygen atoms in total. The maximum Gasteiger partial charge on any atom is 0.255 e. The van der Waals surface area contributed by atoms with Gasteiger partial charge in [0.1, 0.15) is 0 Å². The number of nitrogens with zero attached hydrogens (tertiary/aromatic N) is 1. The van der Waals surface area contributed by atoms with Crippen molar-refractivity contribution < 1.29 is 9.59 Å². The van der Waals surface area contributed by atoms with E-state index >= 15 is 0 Å². The maximum absolute atomic E-state index is 13.0. The molecular formula is C20H30ClN3O2. The summed E-state index contributed by atoms with van der Waals surface area (Å²) in [6, 6.07) is 7.74. The molecule has 0 aromatic heterocycles. The summed E-state index contributed by atoms with van der Waals surface area (Å²) < 4.78 is 0. The molecule has 0 radical (unpaired) electrons. The Hall–Kier alpha value is -1.59. The molecule has 2 fully saturated rings. The predicted molar refractivity (Wildman–Crippen MR) is 107 cm³/mol. The number of hydrogen-bond donors (Lipinski definition) is 2. The first-order valence-corrected chi connectivity index (χ1v) is 9.49. The summed E-state index contributed by atoms with van der Waals surface area (Å²) in [5.74, 6) is -0.0753. The third-order valence-electron chi connectivity index (χ3n) is 5.70. The maximum atomic E-state index is 13.0. The number of carbonyl (C=O) groups excluding carboxylic acids is 2. The fourth-order valence-electron chi connectivity index (χ4n) is 4.09. The molecule has 6 heteroatoms. The minimum atomic E-state index is -0.0470. The second-order valence-corrected chi connectivity index (χ2v) is 7.51. The molecule has 144 valence electrons. The van der Waals surface area contributed by atoms with Gasteiger partial charge in [-0.15, -0.1) is 12.4 Å². The summed E-state index contributed by atoms with van der Waals surface area (Å²) in [6.45, 7) is 0. The first-order valence-electron chi connectivity index (χ1n) is 9.49. The van der Waals surface area contributed by atoms with Crippen LogP contribution in [0.2, 0.25) is 0 Å². The van der Waals surface area contributed by atoms with Crippen molar-refractivity contribution in [2.24, 2.45) is 11.7 Å². The molecule has 26 heavy (non-hydrogen) atoms. The minimum Gasteiger partial charge on any atom is -0.339 e. The summed E-state index contributed by atoms with van der Waals surface area (Å²) in [5, 5.41) is 2.97. The van der Waals surface area contributed by atoms with Crippen molar-refractivity contribution >= 4 is 29.9 Å². The lowest BCUT2D eigenvalue weighted by Gasteiger charge is -2.31. The predicted octanol–water partition coefficient (Wildman–Crippen LogP) is 3.58. The van der Waals surface area contributed by atoms with E-state index < -0.39 is 0 Å². The zero-order chi connectivity index (χ0) is 17.8. The molecule has 2 amide bonds. The first kappa shape index (κ1) is 20.7. The first-order chi connectivity index (χ1) is 12.1. The van der Waals surface area contributed by atoms with Crippen LogP contribution in [-0.2, 0) is 4.79 Å². The Morgan fingerprint density at radius 1 is 1.08 bits per heavy atom. The van der Waals surface area contributed by atoms with Crippen molar-refractivity contribution in [3.8, 4) is 0 Å². The third-order valence-corrected chi connectivity index (χ3v) is 5.70. The second-order valence-electron chi connectivity index (χ2n) is 7.51. The van der Waals surface area contributed by atoms with Crippen LogP contribution in [0.3, 0.4) is 0 Å². The van der Waals surface area contributed by atoms with E-state index in [1.165, 1.54) is 19.3 Å². The molecule has 1 aromatic rings. The van der Waals surface area contributed by atoms with Crippen molar-refractivity contribution in [2.75, 3.05) is 12.4 Å². The fourth-order valence-corrected chi connectivity index (χ4v) is 4.09. The Labute approximate surface area is 162 Å². The monoisotopic (exact) mass is 379 g/mol. The van der Waals surface area contributed by atoms with Crippen LogP contribution in [0.15, 0.2) is 24.3 Å². The topological polar surface area (TPSA) is 75.4 Å². The number of para-hydroxylation sites is 1. The number of carbonyl (C=O) groups is 2. The van der Waals surface area contributed by atoms with Crippen LogP contribution >= 0.6 is 12.4 Å². The Balaban J connectivity index is 0.00000243. The molecule has 0 heterocycles. The molecule has 2 saturated carbocycles. The molecular weight excluding hydrogens is 350 g/mol. The number of anilines is 1. The quantitative estimate of drug-likeness (QED) is 0.839. The standard InChI is InChI=1S/C20H29N3O2.ClH/c1-23(16-7-3-2-4-8-16)20(25)17-9-5-6-10-18(17)22-19(24)14-11-12-15(21)13-14;/h5-6,9-10,14-16H,2-4,7-8,11-13,21H2,1H3,(H,22,24);1H. The molecule has 3 rings (SSSR count). The lowest BCUT2D eigenvalue weighted by Crippen LogP contribution is -2.38. The van der Waals surface area contributed by atoms with Gasteiger partial charge >= 0.3 is 0 Å². The molecule has 2 aliphatic carbocycles. The van der Waals surface area contributed by atoms with E-state index in [0.29, 0.717) is 17.3 Å². The van der Waals surface area contributed by atoms with Crippen LogP contribution in [0.25, 0.3) is 0 Å². The molecule has 0 bridgehead atoms. The fraction of sp³-hybridized carbons (Fsp3) is 0.600. The molecule has 2 atom stereocenters. The molecule has 0 spiro atoms. The van der Waals surface area contributed by atoms with Crippen LogP contribution in [0.5, 0.6) is 0 Å². The summed E-state index contributed by atoms with van der Waals surface area (Å²) in [4.78, 5) is 27.3. The molecule has 0 aliphatic heterocycles. The van der Waals surface area contributed by atoms with Crippen molar-refractivity contribution in [2.45, 2.75) is 63.5 Å². The Bertz CT molecular complexity index is 631. The number of benzene rings is 1. The van der Waals surface area contributed by atoms with E-state index in [-0.39, 0.29) is 36.2 Å². The minimum absolute atomic E-state index is 0. The highest BCUT2D eigenvalue weighted by molar-refractivity contribution is 6.04. The summed E-state index contributed by atoms with van der Waals surface area (Å²) >= 11 is 0. The molecule has 3 N–H and O–H groups in total. The molecule has 0 saturated heterocycles. The lowest BCUT2D eigenvalue weighted by atomic mass is 9.94. The largest absolute Gasteiger partial charge is 0.339 e. The van der Waals surface area contributed by atoms with Crippen LogP contribution < -0.4 is 11.1 Å². The van der Waals surface area contributed by atoms with Crippen LogP contribution in [0, 0.1) is 5.92 Å². The van der Waals surface area contributed by atoms with Crippen molar-refractivity contribution in [3.63, 3.8) is 0 Å². The van der Waals surface area contributed by atoms with Crippen molar-refractivity contribution in [3.05, 3.63) is 29.8 Å². The second kappa shape index (κ2) is 9.38. The number of nitrogens with one attached hydrogen (secondary N) is 1. The average molecular weight is 380 g/mol. The normalized spacial score (nSPS) is 23.2. The molecule has 2 aliphatic rings. The third kappa shape index (κ3) is 4.77. The zero-order valence-corrected chi connectivity index (χ0v) is 16.3. The van der Waals surface area contributed by atoms with Gasteiger partial charge in [-0.25, -0.2) is 0 Å². The van der Waals surface area contributed by atoms with E-state index in [1.807, 2.05) is 30.1 Å². The Morgan fingerprint density at radius 2 is 1.77 bits per heavy atom. The van der Waals surface area contributed by atoms with Crippen LogP contribution in [0.4, 0.5) is 5.69 Å². The average Bonchev–Trinajstić information content (AvgIpc) is 3.08. The molecule has 1 aromatic carbocycles. The van der Waals surface area contributed by atoms with E-state index in [4.69, 9.17) is 5.73 Å². The highest BCUT2D eigenvalue weighted by Gasteiger charge is 2.29. The highest BCUT2D eigenvalue weighted by Crippen LogP contribution is 2.28. The van der Waals surface area contributed by atoms with E-state index in [0.717, 1.165) is 32.1 Å². The smallest absolute Gasteiger partial charge is 0.255 e. The van der Waals surface area contributed by atoms with Gasteiger partial charge < -0.3 is 16.0 Å². The van der Waals surface area contributed by atoms with Gasteiger partial charge in [-0.05, 0) is 44.2 Å². The van der Waals surface area contributed by atoms with Gasteiger partial charge in [0, 0.05) is 25.0 Å². The number of rotatable bonds is 4. The Morgan fingerprint density at radius 3 is 2.42 bits per heavy atom. The summed E-state index contributed by atoms with van der Waals surface area (Å²) in [6.07, 6.45) is 8.20. The van der Waals surface area contributed by atoms with Gasteiger partial charge in [0.25, 0.3) is 5.91 Å². The van der Waals surface area contributed by atoms with Gasteiger partial charge in [0.2, 0.25) is 5.91 Å². The number of nitrogens with two attached hydrogens (primary N) is 1. The van der Waals surface area contributed by atoms with Gasteiger partial charge in [-0.3, -0.25) is 9.59 Å². The van der Waals surface area contributed by atoms with Crippen molar-refractivity contribution in [1.82, 2.24) is 4.90 Å². The number of amides is 2. The van der Waals surface area contributed by atoms with Crippen molar-refractivity contribution in [1.29, 1.82) is 0 Å². The van der Waals surface area contributed by atoms with E-state index in [1.54, 1.807) is 6.07 Å². The molecule has 2 unspecified atom stereocenters. The van der Waals surface area contributed by atoms with Crippen LogP contribution in [-0.4, -0.2) is 35.8 Å². The van der Waals surface area contributed by atoms with Gasteiger partial charge in [-0.2, -0.15) is 0 Å². The number of halogens is 1. The van der Waals surface area contributed by atoms with E-state index in [2.05, 4.69) is 5.32 Å². The summed E-state index contributed by atoms with van der Waals surface area (Å²) in [7, 11) is 1.88. The zero-order valence-electron chi connectivity index (χ0n) is 15.4. The van der Waals surface area contributed by atoms with Crippen LogP contribution in [0.1, 0.15) is 61.7 Å². The summed E-state index contributed by atoms with van der Waals surface area (Å²) in [5.41, 5.74) is 7.10. The van der Waals surface area contributed by atoms with E-state index in [9.17, 15) is 9.59 Å². The number of hydrogen-bond acceptors (Lipinski definition) is 3. The van der Waals surface area contributed by atoms with Gasteiger partial charge in [0.15, 0.2) is 0 Å². The highest BCUT2D eigenvalue weighted by atomic mass is 35.5. The van der Waals surface area contributed by atoms with Gasteiger partial charge in [0.05, 0.1) is 11.3 Å². The lowest BCUT2D eigenvalue weighted by molar-refractivity contribution is -0.119.